The molecule has 0 atom stereocenters. The Balaban J connectivity index is 1.85. The van der Waals surface area contributed by atoms with E-state index in [-0.39, 0.29) is 23.3 Å². The molecule has 152 valence electrons. The summed E-state index contributed by atoms with van der Waals surface area (Å²) in [5.74, 6) is -0.337. The number of benzene rings is 2. The zero-order valence-electron chi connectivity index (χ0n) is 15.5. The Morgan fingerprint density at radius 3 is 2.59 bits per heavy atom. The van der Waals surface area contributed by atoms with Crippen molar-refractivity contribution in [2.45, 2.75) is 30.2 Å². The van der Waals surface area contributed by atoms with E-state index in [9.17, 15) is 13.2 Å². The van der Waals surface area contributed by atoms with Crippen LogP contribution in [0.1, 0.15) is 24.0 Å². The maximum Gasteiger partial charge on any atom is 0.238 e. The number of hydrogen-bond donors (Lipinski definition) is 3. The number of allylic oxidation sites excluding steroid dienone is 1. The van der Waals surface area contributed by atoms with Gasteiger partial charge >= 0.3 is 0 Å². The van der Waals surface area contributed by atoms with Gasteiger partial charge in [0.05, 0.1) is 17.4 Å². The Morgan fingerprint density at radius 2 is 1.97 bits per heavy atom. The summed E-state index contributed by atoms with van der Waals surface area (Å²) < 4.78 is 24.3. The van der Waals surface area contributed by atoms with Crippen LogP contribution in [0.25, 0.3) is 5.57 Å². The monoisotopic (exact) mass is 432 g/mol. The summed E-state index contributed by atoms with van der Waals surface area (Å²) in [5.41, 5.74) is 7.40. The van der Waals surface area contributed by atoms with Gasteiger partial charge in [0.15, 0.2) is 0 Å². The van der Waals surface area contributed by atoms with E-state index in [1.807, 2.05) is 0 Å². The van der Waals surface area contributed by atoms with Crippen molar-refractivity contribution in [1.82, 2.24) is 0 Å². The molecule has 1 aliphatic carbocycles. The largest absolute Gasteiger partial charge is 0.404 e. The van der Waals surface area contributed by atoms with Gasteiger partial charge < -0.3 is 11.1 Å². The van der Waals surface area contributed by atoms with Crippen LogP contribution in [0.2, 0.25) is 5.02 Å². The summed E-state index contributed by atoms with van der Waals surface area (Å²) >= 11 is 6.08. The molecule has 9 heteroatoms. The second kappa shape index (κ2) is 8.77. The maximum atomic E-state index is 12.4. The number of nitrogens with one attached hydrogen (secondary N) is 1. The lowest BCUT2D eigenvalue weighted by Gasteiger charge is -2.12. The van der Waals surface area contributed by atoms with Crippen molar-refractivity contribution in [3.63, 3.8) is 0 Å². The van der Waals surface area contributed by atoms with Crippen LogP contribution in [0.15, 0.2) is 58.6 Å². The first kappa shape index (κ1) is 21.0. The third-order valence-electron chi connectivity index (χ3n) is 4.34. The van der Waals surface area contributed by atoms with E-state index in [0.717, 1.165) is 12.8 Å². The maximum absolute atomic E-state index is 12.4. The zero-order chi connectivity index (χ0) is 21.0. The number of carbonyl (C=O) groups excluding carboxylic acids is 1. The summed E-state index contributed by atoms with van der Waals surface area (Å²) in [4.78, 5) is 16.5. The third kappa shape index (κ3) is 5.66. The lowest BCUT2D eigenvalue weighted by molar-refractivity contribution is -0.115. The van der Waals surface area contributed by atoms with Gasteiger partial charge in [-0.3, -0.25) is 9.79 Å². The number of primary sulfonamides is 1. The molecular weight excluding hydrogens is 412 g/mol. The minimum Gasteiger partial charge on any atom is -0.404 e. The van der Waals surface area contributed by atoms with Crippen molar-refractivity contribution >= 4 is 45.0 Å². The highest BCUT2D eigenvalue weighted by Crippen LogP contribution is 2.27. The van der Waals surface area contributed by atoms with Crippen molar-refractivity contribution in [3.8, 4) is 0 Å². The molecule has 3 rings (SSSR count). The standard InChI is InChI=1S/C20H21ClN4O3S/c21-18-4-2-1-3-13(18)9-20(26)25-16-7-8-17(19(10-16)29(23,27)28)14(11-22)12-24-15-5-6-15/h1-4,7-8,10-12,15H,5-6,9,22H2,(H,25,26)(H2,23,27,28). The highest BCUT2D eigenvalue weighted by molar-refractivity contribution is 7.89. The highest BCUT2D eigenvalue weighted by Gasteiger charge is 2.21. The number of sulfonamides is 1. The molecule has 0 aromatic heterocycles. The Bertz CT molecular complexity index is 1090. The van der Waals surface area contributed by atoms with Gasteiger partial charge in [-0.2, -0.15) is 0 Å². The van der Waals surface area contributed by atoms with E-state index in [2.05, 4.69) is 10.3 Å². The lowest BCUT2D eigenvalue weighted by atomic mass is 10.1. The number of halogens is 1. The molecule has 0 radical (unpaired) electrons. The molecule has 0 saturated heterocycles. The van der Waals surface area contributed by atoms with E-state index in [0.29, 0.717) is 27.4 Å². The number of aliphatic imine (C=N–C) groups is 1. The van der Waals surface area contributed by atoms with Gasteiger partial charge in [-0.15, -0.1) is 0 Å². The first-order chi connectivity index (χ1) is 13.8. The molecule has 5 N–H and O–H groups in total. The van der Waals surface area contributed by atoms with Crippen LogP contribution in [0, 0.1) is 0 Å². The Kier molecular flexibility index (Phi) is 6.36. The van der Waals surface area contributed by atoms with E-state index in [4.69, 9.17) is 22.5 Å². The van der Waals surface area contributed by atoms with Crippen molar-refractivity contribution in [2.24, 2.45) is 15.9 Å². The molecule has 2 aromatic rings. The average molecular weight is 433 g/mol. The molecular formula is C20H21ClN4O3S. The van der Waals surface area contributed by atoms with Gasteiger partial charge in [-0.25, -0.2) is 13.6 Å². The van der Waals surface area contributed by atoms with Crippen LogP contribution in [0.4, 0.5) is 5.69 Å². The molecule has 29 heavy (non-hydrogen) atoms. The van der Waals surface area contributed by atoms with Crippen molar-refractivity contribution in [1.29, 1.82) is 0 Å². The van der Waals surface area contributed by atoms with Crippen molar-refractivity contribution in [3.05, 3.63) is 64.8 Å². The van der Waals surface area contributed by atoms with Crippen LogP contribution in [0.5, 0.6) is 0 Å². The fraction of sp³-hybridized carbons (Fsp3) is 0.200. The molecule has 1 fully saturated rings. The fourth-order valence-corrected chi connectivity index (χ4v) is 3.69. The fourth-order valence-electron chi connectivity index (χ4n) is 2.71. The normalized spacial score (nSPS) is 14.9. The predicted molar refractivity (Wildman–Crippen MR) is 115 cm³/mol. The van der Waals surface area contributed by atoms with Gasteiger partial charge in [0.2, 0.25) is 15.9 Å². The first-order valence-corrected chi connectivity index (χ1v) is 10.9. The molecule has 1 saturated carbocycles. The summed E-state index contributed by atoms with van der Waals surface area (Å²) in [7, 11) is -4.07. The van der Waals surface area contributed by atoms with Crippen molar-refractivity contribution in [2.75, 3.05) is 5.32 Å². The number of anilines is 1. The van der Waals surface area contributed by atoms with Gasteiger partial charge in [-0.05, 0) is 36.6 Å². The van der Waals surface area contributed by atoms with E-state index in [1.54, 1.807) is 42.6 Å². The summed E-state index contributed by atoms with van der Waals surface area (Å²) in [6.07, 6.45) is 4.90. The summed E-state index contributed by atoms with van der Waals surface area (Å²) in [6, 6.07) is 11.7. The Labute approximate surface area is 174 Å². The van der Waals surface area contributed by atoms with Gasteiger partial charge in [0.25, 0.3) is 0 Å². The van der Waals surface area contributed by atoms with Gasteiger partial charge in [0.1, 0.15) is 0 Å². The Morgan fingerprint density at radius 1 is 1.24 bits per heavy atom. The van der Waals surface area contributed by atoms with E-state index >= 15 is 0 Å². The predicted octanol–water partition coefficient (Wildman–Crippen LogP) is 2.70. The van der Waals surface area contributed by atoms with E-state index < -0.39 is 10.0 Å². The Hall–Kier alpha value is -2.68. The number of rotatable bonds is 7. The molecule has 0 bridgehead atoms. The number of amides is 1. The van der Waals surface area contributed by atoms with Gasteiger partial charge in [0, 0.05) is 34.3 Å². The number of hydrogen-bond acceptors (Lipinski definition) is 5. The lowest BCUT2D eigenvalue weighted by Crippen LogP contribution is -2.18. The van der Waals surface area contributed by atoms with Crippen LogP contribution < -0.4 is 16.2 Å². The zero-order valence-corrected chi connectivity index (χ0v) is 17.1. The molecule has 0 unspecified atom stereocenters. The van der Waals surface area contributed by atoms with Crippen molar-refractivity contribution < 1.29 is 13.2 Å². The minimum absolute atomic E-state index is 0.0497. The average Bonchev–Trinajstić information content (AvgIpc) is 3.48. The quantitative estimate of drug-likeness (QED) is 0.581. The molecule has 0 spiro atoms. The number of carbonyl (C=O) groups is 1. The molecule has 1 amide bonds. The topological polar surface area (TPSA) is 128 Å². The summed E-state index contributed by atoms with van der Waals surface area (Å²) in [5, 5.41) is 8.55. The second-order valence-corrected chi connectivity index (χ2v) is 8.64. The summed E-state index contributed by atoms with van der Waals surface area (Å²) in [6.45, 7) is 0. The second-order valence-electron chi connectivity index (χ2n) is 6.70. The molecule has 0 heterocycles. The first-order valence-electron chi connectivity index (χ1n) is 8.93. The van der Waals surface area contributed by atoms with Crippen LogP contribution in [-0.2, 0) is 21.2 Å². The van der Waals surface area contributed by atoms with Crippen LogP contribution in [0.3, 0.4) is 0 Å². The van der Waals surface area contributed by atoms with Crippen LogP contribution >= 0.6 is 11.6 Å². The van der Waals surface area contributed by atoms with Gasteiger partial charge in [-0.1, -0.05) is 35.9 Å². The number of nitrogens with zero attached hydrogens (tertiary/aromatic N) is 1. The molecule has 0 aliphatic heterocycles. The van der Waals surface area contributed by atoms with E-state index in [1.165, 1.54) is 12.3 Å². The molecule has 1 aliphatic rings. The minimum atomic E-state index is -4.07. The van der Waals surface area contributed by atoms with Crippen LogP contribution in [-0.4, -0.2) is 26.6 Å². The molecule has 7 nitrogen and oxygen atoms in total. The molecule has 2 aromatic carbocycles. The SMILES string of the molecule is NC=C(C=NC1CC1)c1ccc(NC(=O)Cc2ccccc2Cl)cc1S(N)(=O)=O. The third-order valence-corrected chi connectivity index (χ3v) is 5.66. The highest BCUT2D eigenvalue weighted by atomic mass is 35.5. The smallest absolute Gasteiger partial charge is 0.238 e. The number of nitrogens with two attached hydrogens (primary N) is 2.